The van der Waals surface area contributed by atoms with Gasteiger partial charge in [0.2, 0.25) is 5.91 Å². The lowest BCUT2D eigenvalue weighted by atomic mass is 10.1. The number of amides is 1. The quantitative estimate of drug-likeness (QED) is 0.805. The van der Waals surface area contributed by atoms with Crippen LogP contribution in [0.4, 0.5) is 18.9 Å². The third kappa shape index (κ3) is 4.28. The second kappa shape index (κ2) is 7.86. The number of hydrogen-bond acceptors (Lipinski definition) is 2. The summed E-state index contributed by atoms with van der Waals surface area (Å²) in [6, 6.07) is 8.63. The van der Waals surface area contributed by atoms with Crippen LogP contribution in [0, 0.1) is 12.7 Å². The van der Waals surface area contributed by atoms with Gasteiger partial charge in [0.25, 0.3) is 6.43 Å². The molecule has 6 heteroatoms. The van der Waals surface area contributed by atoms with Crippen molar-refractivity contribution < 1.29 is 22.7 Å². The normalized spacial score (nSPS) is 10.8. The van der Waals surface area contributed by atoms with Gasteiger partial charge in [-0.05, 0) is 31.2 Å². The molecule has 0 aromatic heterocycles. The Balaban J connectivity index is 2.25. The number of benzene rings is 2. The Morgan fingerprint density at radius 3 is 2.67 bits per heavy atom. The summed E-state index contributed by atoms with van der Waals surface area (Å²) in [6.45, 7) is 3.10. The van der Waals surface area contributed by atoms with Crippen molar-refractivity contribution in [2.24, 2.45) is 0 Å². The van der Waals surface area contributed by atoms with E-state index < -0.39 is 12.2 Å². The van der Waals surface area contributed by atoms with Crippen molar-refractivity contribution in [2.75, 3.05) is 5.32 Å². The largest absolute Gasteiger partial charge is 0.488 e. The SMILES string of the molecule is CCC(=O)Nc1cccc(F)c1COc1ccc(C)cc1C(F)F. The molecular weight excluding hydrogens is 319 g/mol. The first-order chi connectivity index (χ1) is 11.4. The summed E-state index contributed by atoms with van der Waals surface area (Å²) < 4.78 is 45.7. The third-order valence-corrected chi connectivity index (χ3v) is 3.49. The second-order valence-corrected chi connectivity index (χ2v) is 5.30. The molecule has 0 atom stereocenters. The first-order valence-corrected chi connectivity index (χ1v) is 7.51. The number of alkyl halides is 2. The fraction of sp³-hybridized carbons (Fsp3) is 0.278. The molecule has 0 heterocycles. The minimum atomic E-state index is -2.69. The summed E-state index contributed by atoms with van der Waals surface area (Å²) in [6.07, 6.45) is -2.45. The predicted molar refractivity (Wildman–Crippen MR) is 85.8 cm³/mol. The van der Waals surface area contributed by atoms with E-state index in [1.54, 1.807) is 26.0 Å². The van der Waals surface area contributed by atoms with Crippen LogP contribution in [0.1, 0.15) is 36.5 Å². The summed E-state index contributed by atoms with van der Waals surface area (Å²) in [5.41, 5.74) is 0.817. The Bertz CT molecular complexity index is 732. The monoisotopic (exact) mass is 337 g/mol. The molecule has 2 aromatic rings. The highest BCUT2D eigenvalue weighted by molar-refractivity contribution is 5.91. The number of aryl methyl sites for hydroxylation is 1. The van der Waals surface area contributed by atoms with Gasteiger partial charge < -0.3 is 10.1 Å². The van der Waals surface area contributed by atoms with Crippen molar-refractivity contribution >= 4 is 11.6 Å². The van der Waals surface area contributed by atoms with E-state index in [1.807, 2.05) is 0 Å². The number of carbonyl (C=O) groups excluding carboxylic acids is 1. The lowest BCUT2D eigenvalue weighted by Gasteiger charge is -2.15. The van der Waals surface area contributed by atoms with Crippen LogP contribution >= 0.6 is 0 Å². The molecule has 0 unspecified atom stereocenters. The van der Waals surface area contributed by atoms with Crippen LogP contribution in [-0.4, -0.2) is 5.91 Å². The van der Waals surface area contributed by atoms with Crippen molar-refractivity contribution in [3.8, 4) is 5.75 Å². The van der Waals surface area contributed by atoms with Gasteiger partial charge in [-0.25, -0.2) is 13.2 Å². The van der Waals surface area contributed by atoms with Gasteiger partial charge in [-0.2, -0.15) is 0 Å². The highest BCUT2D eigenvalue weighted by Crippen LogP contribution is 2.31. The van der Waals surface area contributed by atoms with E-state index in [4.69, 9.17) is 4.74 Å². The molecule has 0 aliphatic rings. The number of halogens is 3. The van der Waals surface area contributed by atoms with Crippen LogP contribution in [0.25, 0.3) is 0 Å². The van der Waals surface area contributed by atoms with Gasteiger partial charge in [0, 0.05) is 12.0 Å². The molecule has 1 amide bonds. The topological polar surface area (TPSA) is 38.3 Å². The van der Waals surface area contributed by atoms with E-state index in [9.17, 15) is 18.0 Å². The molecule has 0 radical (unpaired) electrons. The molecule has 24 heavy (non-hydrogen) atoms. The van der Waals surface area contributed by atoms with Gasteiger partial charge in [0.1, 0.15) is 18.2 Å². The molecule has 0 aliphatic carbocycles. The Morgan fingerprint density at radius 1 is 1.25 bits per heavy atom. The molecule has 2 rings (SSSR count). The number of nitrogens with one attached hydrogen (secondary N) is 1. The summed E-state index contributed by atoms with van der Waals surface area (Å²) in [5.74, 6) is -0.855. The molecule has 0 aliphatic heterocycles. The average Bonchev–Trinajstić information content (AvgIpc) is 2.55. The van der Waals surface area contributed by atoms with Crippen LogP contribution in [0.2, 0.25) is 0 Å². The van der Waals surface area contributed by atoms with Crippen molar-refractivity contribution in [1.29, 1.82) is 0 Å². The Hall–Kier alpha value is -2.50. The zero-order chi connectivity index (χ0) is 17.7. The fourth-order valence-corrected chi connectivity index (χ4v) is 2.18. The van der Waals surface area contributed by atoms with Gasteiger partial charge in [0.05, 0.1) is 11.3 Å². The highest BCUT2D eigenvalue weighted by atomic mass is 19.3. The smallest absolute Gasteiger partial charge is 0.267 e. The molecule has 0 saturated carbocycles. The molecule has 128 valence electrons. The number of anilines is 1. The van der Waals surface area contributed by atoms with Crippen molar-refractivity contribution in [3.05, 3.63) is 58.9 Å². The number of rotatable bonds is 6. The van der Waals surface area contributed by atoms with E-state index in [0.29, 0.717) is 5.56 Å². The molecule has 1 N–H and O–H groups in total. The third-order valence-electron chi connectivity index (χ3n) is 3.49. The maximum Gasteiger partial charge on any atom is 0.267 e. The molecule has 3 nitrogen and oxygen atoms in total. The first kappa shape index (κ1) is 17.8. The van der Waals surface area contributed by atoms with E-state index in [1.165, 1.54) is 24.3 Å². The second-order valence-electron chi connectivity index (χ2n) is 5.30. The molecular formula is C18H18F3NO2. The van der Waals surface area contributed by atoms with Crippen LogP contribution in [-0.2, 0) is 11.4 Å². The maximum atomic E-state index is 14.1. The maximum absolute atomic E-state index is 14.1. The number of ether oxygens (including phenoxy) is 1. The molecule has 0 bridgehead atoms. The lowest BCUT2D eigenvalue weighted by molar-refractivity contribution is -0.115. The zero-order valence-corrected chi connectivity index (χ0v) is 13.4. The number of hydrogen-bond donors (Lipinski definition) is 1. The summed E-state index contributed by atoms with van der Waals surface area (Å²) >= 11 is 0. The van der Waals surface area contributed by atoms with E-state index in [2.05, 4.69) is 5.32 Å². The summed E-state index contributed by atoms with van der Waals surface area (Å²) in [5, 5.41) is 2.58. The minimum Gasteiger partial charge on any atom is -0.488 e. The highest BCUT2D eigenvalue weighted by Gasteiger charge is 2.16. The van der Waals surface area contributed by atoms with Crippen LogP contribution < -0.4 is 10.1 Å². The Labute approximate surface area is 138 Å². The first-order valence-electron chi connectivity index (χ1n) is 7.51. The Kier molecular flexibility index (Phi) is 5.84. The molecule has 2 aromatic carbocycles. The van der Waals surface area contributed by atoms with Crippen molar-refractivity contribution in [2.45, 2.75) is 33.3 Å². The fourth-order valence-electron chi connectivity index (χ4n) is 2.18. The van der Waals surface area contributed by atoms with Gasteiger partial charge in [-0.15, -0.1) is 0 Å². The van der Waals surface area contributed by atoms with E-state index in [-0.39, 0.29) is 41.5 Å². The van der Waals surface area contributed by atoms with Gasteiger partial charge >= 0.3 is 0 Å². The molecule has 0 fully saturated rings. The molecule has 0 spiro atoms. The van der Waals surface area contributed by atoms with Crippen molar-refractivity contribution in [3.63, 3.8) is 0 Å². The Morgan fingerprint density at radius 2 is 2.00 bits per heavy atom. The minimum absolute atomic E-state index is 0.00776. The number of carbonyl (C=O) groups is 1. The zero-order valence-electron chi connectivity index (χ0n) is 13.4. The van der Waals surface area contributed by atoms with Crippen LogP contribution in [0.5, 0.6) is 5.75 Å². The van der Waals surface area contributed by atoms with E-state index in [0.717, 1.165) is 0 Å². The molecule has 0 saturated heterocycles. The van der Waals surface area contributed by atoms with Crippen molar-refractivity contribution in [1.82, 2.24) is 0 Å². The lowest BCUT2D eigenvalue weighted by Crippen LogP contribution is -2.13. The van der Waals surface area contributed by atoms with Gasteiger partial charge in [-0.1, -0.05) is 24.6 Å². The van der Waals surface area contributed by atoms with E-state index >= 15 is 0 Å². The predicted octanol–water partition coefficient (Wildman–Crippen LogP) is 5.00. The standard InChI is InChI=1S/C18H18F3NO2/c1-3-17(23)22-15-6-4-5-14(19)13(15)10-24-16-8-7-11(2)9-12(16)18(20)21/h4-9,18H,3,10H2,1-2H3,(H,22,23). The summed E-state index contributed by atoms with van der Waals surface area (Å²) in [4.78, 5) is 11.5. The van der Waals surface area contributed by atoms with Gasteiger partial charge in [0.15, 0.2) is 0 Å². The summed E-state index contributed by atoms with van der Waals surface area (Å²) in [7, 11) is 0. The average molecular weight is 337 g/mol. The van der Waals surface area contributed by atoms with Gasteiger partial charge in [-0.3, -0.25) is 4.79 Å². The van der Waals surface area contributed by atoms with Crippen LogP contribution in [0.3, 0.4) is 0 Å². The van der Waals surface area contributed by atoms with Crippen LogP contribution in [0.15, 0.2) is 36.4 Å².